The molecule has 1 unspecified atom stereocenters. The summed E-state index contributed by atoms with van der Waals surface area (Å²) < 4.78 is 32.6. The Morgan fingerprint density at radius 1 is 1.29 bits per heavy atom. The molecule has 1 aliphatic rings. The standard InChI is InChI=1S/C15H24N2O3S/c1-2-9-16-11-13-5-7-15(8-6-13)21(18,19)17-14-4-3-10-20-12-14/h5-8,14,16-17H,2-4,9-12H2,1H3. The van der Waals surface area contributed by atoms with Crippen LogP contribution in [-0.2, 0) is 21.3 Å². The lowest BCUT2D eigenvalue weighted by atomic mass is 10.1. The molecule has 0 aromatic heterocycles. The summed E-state index contributed by atoms with van der Waals surface area (Å²) in [5.74, 6) is 0. The van der Waals surface area contributed by atoms with Gasteiger partial charge in [0.05, 0.1) is 11.5 Å². The van der Waals surface area contributed by atoms with Crippen molar-refractivity contribution in [3.63, 3.8) is 0 Å². The molecule has 1 aromatic carbocycles. The Hall–Kier alpha value is -0.950. The zero-order chi connectivity index (χ0) is 15.1. The van der Waals surface area contributed by atoms with Gasteiger partial charge in [0.2, 0.25) is 10.0 Å². The van der Waals surface area contributed by atoms with Gasteiger partial charge in [0, 0.05) is 19.2 Å². The van der Waals surface area contributed by atoms with Gasteiger partial charge in [-0.05, 0) is 43.5 Å². The van der Waals surface area contributed by atoms with Gasteiger partial charge in [-0.25, -0.2) is 13.1 Å². The van der Waals surface area contributed by atoms with Gasteiger partial charge < -0.3 is 10.1 Å². The first kappa shape index (κ1) is 16.4. The van der Waals surface area contributed by atoms with E-state index in [9.17, 15) is 8.42 Å². The SMILES string of the molecule is CCCNCc1ccc(S(=O)(=O)NC2CCCOC2)cc1. The number of benzene rings is 1. The van der Waals surface area contributed by atoms with Crippen LogP contribution in [0.5, 0.6) is 0 Å². The van der Waals surface area contributed by atoms with Crippen molar-refractivity contribution in [3.8, 4) is 0 Å². The molecule has 5 nitrogen and oxygen atoms in total. The van der Waals surface area contributed by atoms with Crippen molar-refractivity contribution in [1.82, 2.24) is 10.0 Å². The van der Waals surface area contributed by atoms with E-state index in [-0.39, 0.29) is 6.04 Å². The number of rotatable bonds is 7. The van der Waals surface area contributed by atoms with Gasteiger partial charge in [-0.3, -0.25) is 0 Å². The van der Waals surface area contributed by atoms with E-state index in [4.69, 9.17) is 4.74 Å². The average molecular weight is 312 g/mol. The van der Waals surface area contributed by atoms with Crippen LogP contribution < -0.4 is 10.0 Å². The highest BCUT2D eigenvalue weighted by Crippen LogP contribution is 2.14. The lowest BCUT2D eigenvalue weighted by Crippen LogP contribution is -2.40. The molecule has 21 heavy (non-hydrogen) atoms. The summed E-state index contributed by atoms with van der Waals surface area (Å²) in [5, 5.41) is 3.29. The second kappa shape index (κ2) is 7.89. The molecule has 0 radical (unpaired) electrons. The van der Waals surface area contributed by atoms with Crippen LogP contribution in [0, 0.1) is 0 Å². The second-order valence-corrected chi connectivity index (χ2v) is 7.07. The summed E-state index contributed by atoms with van der Waals surface area (Å²) in [5.41, 5.74) is 1.09. The quantitative estimate of drug-likeness (QED) is 0.751. The molecular weight excluding hydrogens is 288 g/mol. The van der Waals surface area contributed by atoms with Crippen LogP contribution in [0.1, 0.15) is 31.7 Å². The highest BCUT2D eigenvalue weighted by atomic mass is 32.2. The first-order valence-electron chi connectivity index (χ1n) is 7.51. The van der Waals surface area contributed by atoms with Gasteiger partial charge in [-0.1, -0.05) is 19.1 Å². The fourth-order valence-corrected chi connectivity index (χ4v) is 3.57. The maximum Gasteiger partial charge on any atom is 0.240 e. The number of hydrogen-bond acceptors (Lipinski definition) is 4. The fourth-order valence-electron chi connectivity index (χ4n) is 2.32. The largest absolute Gasteiger partial charge is 0.380 e. The number of sulfonamides is 1. The van der Waals surface area contributed by atoms with Crippen LogP contribution in [0.4, 0.5) is 0 Å². The molecule has 0 aliphatic carbocycles. The van der Waals surface area contributed by atoms with Gasteiger partial charge in [0.25, 0.3) is 0 Å². The van der Waals surface area contributed by atoms with Crippen LogP contribution in [0.2, 0.25) is 0 Å². The van der Waals surface area contributed by atoms with E-state index >= 15 is 0 Å². The zero-order valence-corrected chi connectivity index (χ0v) is 13.3. The van der Waals surface area contributed by atoms with Crippen molar-refractivity contribution in [2.75, 3.05) is 19.8 Å². The predicted octanol–water partition coefficient (Wildman–Crippen LogP) is 1.64. The van der Waals surface area contributed by atoms with E-state index in [1.807, 2.05) is 12.1 Å². The third kappa shape index (κ3) is 5.07. The average Bonchev–Trinajstić information content (AvgIpc) is 2.49. The first-order chi connectivity index (χ1) is 10.1. The van der Waals surface area contributed by atoms with Crippen LogP contribution >= 0.6 is 0 Å². The molecule has 118 valence electrons. The summed E-state index contributed by atoms with van der Waals surface area (Å²) in [6.45, 7) is 5.01. The van der Waals surface area contributed by atoms with E-state index in [0.29, 0.717) is 11.5 Å². The Morgan fingerprint density at radius 2 is 2.05 bits per heavy atom. The maximum atomic E-state index is 12.3. The lowest BCUT2D eigenvalue weighted by molar-refractivity contribution is 0.0774. The number of hydrogen-bond donors (Lipinski definition) is 2. The molecule has 1 atom stereocenters. The molecule has 0 spiro atoms. The molecular formula is C15H24N2O3S. The van der Waals surface area contributed by atoms with E-state index in [1.54, 1.807) is 12.1 Å². The molecule has 1 fully saturated rings. The maximum absolute atomic E-state index is 12.3. The van der Waals surface area contributed by atoms with Gasteiger partial charge in [0.15, 0.2) is 0 Å². The third-order valence-electron chi connectivity index (χ3n) is 3.47. The molecule has 0 saturated carbocycles. The van der Waals surface area contributed by atoms with Crippen molar-refractivity contribution in [3.05, 3.63) is 29.8 Å². The van der Waals surface area contributed by atoms with Crippen LogP contribution in [0.15, 0.2) is 29.2 Å². The Balaban J connectivity index is 1.95. The summed E-state index contributed by atoms with van der Waals surface area (Å²) in [4.78, 5) is 0.312. The van der Waals surface area contributed by atoms with Gasteiger partial charge in [-0.2, -0.15) is 0 Å². The van der Waals surface area contributed by atoms with Crippen LogP contribution in [0.3, 0.4) is 0 Å². The monoisotopic (exact) mass is 312 g/mol. The Bertz CT molecular complexity index is 522. The van der Waals surface area contributed by atoms with Crippen LogP contribution in [-0.4, -0.2) is 34.2 Å². The minimum Gasteiger partial charge on any atom is -0.380 e. The molecule has 0 amide bonds. The Labute approximate surface area is 127 Å². The van der Waals surface area contributed by atoms with Gasteiger partial charge in [0.1, 0.15) is 0 Å². The minimum atomic E-state index is -3.45. The Morgan fingerprint density at radius 3 is 2.67 bits per heavy atom. The molecule has 1 aliphatic heterocycles. The molecule has 2 rings (SSSR count). The molecule has 6 heteroatoms. The topological polar surface area (TPSA) is 67.4 Å². The fraction of sp³-hybridized carbons (Fsp3) is 0.600. The molecule has 1 heterocycles. The van der Waals surface area contributed by atoms with E-state index < -0.39 is 10.0 Å². The summed E-state index contributed by atoms with van der Waals surface area (Å²) in [6, 6.07) is 6.92. The smallest absolute Gasteiger partial charge is 0.240 e. The second-order valence-electron chi connectivity index (χ2n) is 5.36. The predicted molar refractivity (Wildman–Crippen MR) is 82.6 cm³/mol. The summed E-state index contributed by atoms with van der Waals surface area (Å²) in [7, 11) is -3.45. The van der Waals surface area contributed by atoms with Crippen molar-refractivity contribution in [2.24, 2.45) is 0 Å². The summed E-state index contributed by atoms with van der Waals surface area (Å²) >= 11 is 0. The van der Waals surface area contributed by atoms with Gasteiger partial charge in [-0.15, -0.1) is 0 Å². The van der Waals surface area contributed by atoms with Crippen molar-refractivity contribution >= 4 is 10.0 Å². The molecule has 1 saturated heterocycles. The van der Waals surface area contributed by atoms with E-state index in [1.165, 1.54) is 0 Å². The first-order valence-corrected chi connectivity index (χ1v) is 9.00. The van der Waals surface area contributed by atoms with E-state index in [0.717, 1.165) is 44.5 Å². The molecule has 1 aromatic rings. The van der Waals surface area contributed by atoms with Crippen molar-refractivity contribution in [2.45, 2.75) is 43.7 Å². The highest BCUT2D eigenvalue weighted by Gasteiger charge is 2.22. The van der Waals surface area contributed by atoms with Crippen molar-refractivity contribution < 1.29 is 13.2 Å². The van der Waals surface area contributed by atoms with Crippen LogP contribution in [0.25, 0.3) is 0 Å². The Kier molecular flexibility index (Phi) is 6.17. The lowest BCUT2D eigenvalue weighted by Gasteiger charge is -2.23. The van der Waals surface area contributed by atoms with Crippen molar-refractivity contribution in [1.29, 1.82) is 0 Å². The number of ether oxygens (including phenoxy) is 1. The minimum absolute atomic E-state index is 0.116. The molecule has 0 bridgehead atoms. The molecule has 2 N–H and O–H groups in total. The van der Waals surface area contributed by atoms with Gasteiger partial charge >= 0.3 is 0 Å². The third-order valence-corrected chi connectivity index (χ3v) is 5.01. The summed E-state index contributed by atoms with van der Waals surface area (Å²) in [6.07, 6.45) is 2.81. The zero-order valence-electron chi connectivity index (χ0n) is 12.5. The van der Waals surface area contributed by atoms with E-state index in [2.05, 4.69) is 17.0 Å². The number of nitrogens with one attached hydrogen (secondary N) is 2. The highest BCUT2D eigenvalue weighted by molar-refractivity contribution is 7.89. The normalized spacial score (nSPS) is 19.6.